The summed E-state index contributed by atoms with van der Waals surface area (Å²) in [7, 11) is -4.16. The molecule has 0 amide bonds. The zero-order valence-corrected chi connectivity index (χ0v) is 10.5. The van der Waals surface area contributed by atoms with Crippen LogP contribution in [-0.2, 0) is 10.1 Å². The van der Waals surface area contributed by atoms with Crippen LogP contribution in [0.2, 0.25) is 0 Å². The van der Waals surface area contributed by atoms with E-state index in [1.54, 1.807) is 0 Å². The van der Waals surface area contributed by atoms with Gasteiger partial charge >= 0.3 is 0 Å². The molecule has 1 unspecified atom stereocenters. The summed E-state index contributed by atoms with van der Waals surface area (Å²) in [5.41, 5.74) is -0.500. The van der Waals surface area contributed by atoms with E-state index in [9.17, 15) is 18.6 Å². The second kappa shape index (κ2) is 6.51. The second-order valence-corrected chi connectivity index (χ2v) is 5.43. The maximum atomic E-state index is 10.5. The van der Waals surface area contributed by atoms with E-state index < -0.39 is 27.5 Å². The summed E-state index contributed by atoms with van der Waals surface area (Å²) in [4.78, 5) is 0. The Kier molecular flexibility index (Phi) is 6.42. The number of nitrogens with one attached hydrogen (secondary N) is 1. The molecule has 0 aromatic carbocycles. The molecule has 0 spiro atoms. The minimum Gasteiger partial charge on any atom is -0.394 e. The minimum absolute atomic E-state index is 0.0159. The molecule has 1 atom stereocenters. The average Bonchev–Trinajstić information content (AvgIpc) is 2.18. The predicted molar refractivity (Wildman–Crippen MR) is 60.8 cm³/mol. The van der Waals surface area contributed by atoms with Crippen LogP contribution in [0.3, 0.4) is 0 Å². The van der Waals surface area contributed by atoms with Gasteiger partial charge in [0.05, 0.1) is 12.7 Å². The van der Waals surface area contributed by atoms with Crippen LogP contribution in [0.15, 0.2) is 0 Å². The van der Waals surface area contributed by atoms with Gasteiger partial charge in [-0.3, -0.25) is 4.55 Å². The van der Waals surface area contributed by atoms with Crippen molar-refractivity contribution in [1.82, 2.24) is 5.32 Å². The van der Waals surface area contributed by atoms with Gasteiger partial charge in [-0.05, 0) is 12.8 Å². The van der Waals surface area contributed by atoms with Gasteiger partial charge in [-0.25, -0.2) is 0 Å². The highest BCUT2D eigenvalue weighted by Gasteiger charge is 2.26. The molecular weight excluding hydrogens is 234 g/mol. The molecule has 16 heavy (non-hydrogen) atoms. The topological polar surface area (TPSA) is 107 Å². The zero-order chi connectivity index (χ0) is 12.8. The molecular formula is C9H21NO5S. The summed E-state index contributed by atoms with van der Waals surface area (Å²) in [6.07, 6.45) is 0.149. The van der Waals surface area contributed by atoms with Gasteiger partial charge in [-0.1, -0.05) is 13.8 Å². The normalized spacial score (nSPS) is 15.1. The summed E-state index contributed by atoms with van der Waals surface area (Å²) in [6, 6.07) is 0. The van der Waals surface area contributed by atoms with Crippen LogP contribution in [0.4, 0.5) is 0 Å². The number of rotatable bonds is 8. The lowest BCUT2D eigenvalue weighted by Crippen LogP contribution is -2.51. The lowest BCUT2D eigenvalue weighted by Gasteiger charge is -2.31. The smallest absolute Gasteiger partial charge is 0.267 e. The summed E-state index contributed by atoms with van der Waals surface area (Å²) in [6.45, 7) is 3.71. The van der Waals surface area contributed by atoms with Crippen LogP contribution < -0.4 is 5.32 Å². The van der Waals surface area contributed by atoms with Crippen molar-refractivity contribution in [3.63, 3.8) is 0 Å². The lowest BCUT2D eigenvalue weighted by molar-refractivity contribution is 0.121. The van der Waals surface area contributed by atoms with Gasteiger partial charge < -0.3 is 15.5 Å². The Bertz CT molecular complexity index is 278. The first kappa shape index (κ1) is 15.8. The molecule has 0 aliphatic rings. The number of hydrogen-bond acceptors (Lipinski definition) is 5. The fourth-order valence-corrected chi connectivity index (χ4v) is 2.02. The van der Waals surface area contributed by atoms with Gasteiger partial charge in [0.25, 0.3) is 10.1 Å². The van der Waals surface area contributed by atoms with Gasteiger partial charge in [0.1, 0.15) is 5.75 Å². The highest BCUT2D eigenvalue weighted by Crippen LogP contribution is 2.13. The Balaban J connectivity index is 4.21. The van der Waals surface area contributed by atoms with Crippen molar-refractivity contribution in [2.75, 3.05) is 18.9 Å². The molecule has 7 heteroatoms. The SMILES string of the molecule is CCC(CC)(CO)NCC(O)CS(=O)(=O)O. The Morgan fingerprint density at radius 3 is 2.12 bits per heavy atom. The van der Waals surface area contributed by atoms with Crippen molar-refractivity contribution in [3.05, 3.63) is 0 Å². The molecule has 0 saturated heterocycles. The van der Waals surface area contributed by atoms with Crippen LogP contribution in [0, 0.1) is 0 Å². The van der Waals surface area contributed by atoms with Crippen molar-refractivity contribution >= 4 is 10.1 Å². The van der Waals surface area contributed by atoms with E-state index in [1.165, 1.54) is 0 Å². The van der Waals surface area contributed by atoms with Gasteiger partial charge in [-0.2, -0.15) is 8.42 Å². The minimum atomic E-state index is -4.16. The maximum Gasteiger partial charge on any atom is 0.267 e. The third kappa shape index (κ3) is 5.76. The van der Waals surface area contributed by atoms with Gasteiger partial charge in [0, 0.05) is 12.1 Å². The van der Waals surface area contributed by atoms with Crippen LogP contribution in [0.1, 0.15) is 26.7 Å². The van der Waals surface area contributed by atoms with Gasteiger partial charge in [0.15, 0.2) is 0 Å². The first-order valence-corrected chi connectivity index (χ1v) is 6.88. The second-order valence-electron chi connectivity index (χ2n) is 3.93. The molecule has 0 heterocycles. The van der Waals surface area contributed by atoms with E-state index in [1.807, 2.05) is 13.8 Å². The van der Waals surface area contributed by atoms with E-state index in [2.05, 4.69) is 5.32 Å². The van der Waals surface area contributed by atoms with Crippen LogP contribution in [0.25, 0.3) is 0 Å². The van der Waals surface area contributed by atoms with Crippen molar-refractivity contribution in [3.8, 4) is 0 Å². The number of aliphatic hydroxyl groups excluding tert-OH is 2. The van der Waals surface area contributed by atoms with E-state index in [-0.39, 0.29) is 13.2 Å². The van der Waals surface area contributed by atoms with Crippen molar-refractivity contribution in [2.24, 2.45) is 0 Å². The molecule has 0 aliphatic heterocycles. The van der Waals surface area contributed by atoms with Crippen LogP contribution in [-0.4, -0.2) is 53.7 Å². The maximum absolute atomic E-state index is 10.5. The Morgan fingerprint density at radius 2 is 1.81 bits per heavy atom. The first-order valence-electron chi connectivity index (χ1n) is 5.27. The molecule has 0 aliphatic carbocycles. The first-order chi connectivity index (χ1) is 7.28. The standard InChI is InChI=1S/C9H21NO5S/c1-3-9(4-2,7-11)10-5-8(12)6-16(13,14)15/h8,10-12H,3-7H2,1-2H3,(H,13,14,15). The molecule has 4 N–H and O–H groups in total. The fraction of sp³-hybridized carbons (Fsp3) is 1.00. The largest absolute Gasteiger partial charge is 0.394 e. The van der Waals surface area contributed by atoms with Crippen molar-refractivity contribution in [1.29, 1.82) is 0 Å². The fourth-order valence-electron chi connectivity index (χ4n) is 1.42. The Labute approximate surface area is 96.4 Å². The van der Waals surface area contributed by atoms with Gasteiger partial charge in [0.2, 0.25) is 0 Å². The van der Waals surface area contributed by atoms with Crippen molar-refractivity contribution < 1.29 is 23.2 Å². The summed E-state index contributed by atoms with van der Waals surface area (Å²) < 4.78 is 29.5. The Morgan fingerprint density at radius 1 is 1.31 bits per heavy atom. The quantitative estimate of drug-likeness (QED) is 0.430. The monoisotopic (exact) mass is 255 g/mol. The van der Waals surface area contributed by atoms with Crippen LogP contribution >= 0.6 is 0 Å². The molecule has 98 valence electrons. The molecule has 0 aromatic rings. The number of aliphatic hydroxyl groups is 2. The molecule has 0 bridgehead atoms. The number of hydrogen-bond donors (Lipinski definition) is 4. The summed E-state index contributed by atoms with van der Waals surface area (Å²) in [5, 5.41) is 21.5. The molecule has 0 aromatic heterocycles. The average molecular weight is 255 g/mol. The Hall–Kier alpha value is -0.210. The molecule has 6 nitrogen and oxygen atoms in total. The van der Waals surface area contributed by atoms with Crippen molar-refractivity contribution in [2.45, 2.75) is 38.3 Å². The van der Waals surface area contributed by atoms with Crippen LogP contribution in [0.5, 0.6) is 0 Å². The molecule has 0 fully saturated rings. The third-order valence-electron chi connectivity index (χ3n) is 2.77. The van der Waals surface area contributed by atoms with E-state index in [4.69, 9.17) is 4.55 Å². The predicted octanol–water partition coefficient (Wildman–Crippen LogP) is -0.624. The highest BCUT2D eigenvalue weighted by atomic mass is 32.2. The lowest BCUT2D eigenvalue weighted by atomic mass is 9.94. The molecule has 0 radical (unpaired) electrons. The zero-order valence-electron chi connectivity index (χ0n) is 9.68. The summed E-state index contributed by atoms with van der Waals surface area (Å²) in [5.74, 6) is -0.699. The van der Waals surface area contributed by atoms with Gasteiger partial charge in [-0.15, -0.1) is 0 Å². The van der Waals surface area contributed by atoms with E-state index in [0.29, 0.717) is 12.8 Å². The third-order valence-corrected chi connectivity index (χ3v) is 3.58. The number of β-amino-alcohol motifs (C(OH)–C–C–N with tert-alkyl or cyclic N) is 1. The molecule has 0 rings (SSSR count). The van der Waals surface area contributed by atoms with E-state index in [0.717, 1.165) is 0 Å². The molecule has 0 saturated carbocycles. The summed E-state index contributed by atoms with van der Waals surface area (Å²) >= 11 is 0. The van der Waals surface area contributed by atoms with E-state index >= 15 is 0 Å². The highest BCUT2D eigenvalue weighted by molar-refractivity contribution is 7.85.